The van der Waals surface area contributed by atoms with Crippen LogP contribution in [0.3, 0.4) is 0 Å². The Balaban J connectivity index is 1.70. The van der Waals surface area contributed by atoms with Crippen molar-refractivity contribution in [3.63, 3.8) is 0 Å². The number of anilines is 1. The van der Waals surface area contributed by atoms with Gasteiger partial charge in [0.15, 0.2) is 0 Å². The van der Waals surface area contributed by atoms with Crippen LogP contribution in [0.15, 0.2) is 54.7 Å². The second-order valence-electron chi connectivity index (χ2n) is 5.23. The molecule has 0 spiro atoms. The molecule has 2 heterocycles. The fraction of sp³-hybridized carbons (Fsp3) is 0.118. The molecule has 1 aliphatic heterocycles. The van der Waals surface area contributed by atoms with E-state index in [-0.39, 0.29) is 11.8 Å². The molecule has 0 aliphatic carbocycles. The van der Waals surface area contributed by atoms with Crippen molar-refractivity contribution in [1.29, 1.82) is 0 Å². The highest BCUT2D eigenvalue weighted by molar-refractivity contribution is 6.03. The van der Waals surface area contributed by atoms with Gasteiger partial charge in [-0.2, -0.15) is 0 Å². The van der Waals surface area contributed by atoms with Crippen molar-refractivity contribution in [2.75, 3.05) is 5.32 Å². The standard InChI is InChI=1S/C17H14N2O/c20-17-14(13-3-1-2-4-16(13)19-17)10-11-5-6-15-12(9-11)7-8-18-15/h1-9,14,18H,10H2,(H,19,20). The molecule has 3 heteroatoms. The summed E-state index contributed by atoms with van der Waals surface area (Å²) in [4.78, 5) is 15.3. The van der Waals surface area contributed by atoms with Gasteiger partial charge in [0.05, 0.1) is 5.92 Å². The van der Waals surface area contributed by atoms with E-state index in [0.717, 1.165) is 23.2 Å². The lowest BCUT2D eigenvalue weighted by molar-refractivity contribution is -0.117. The summed E-state index contributed by atoms with van der Waals surface area (Å²) in [5.41, 5.74) is 4.37. The number of H-pyrrole nitrogens is 1. The number of carbonyl (C=O) groups excluding carboxylic acids is 1. The summed E-state index contributed by atoms with van der Waals surface area (Å²) in [5, 5.41) is 4.14. The molecule has 3 nitrogen and oxygen atoms in total. The molecular weight excluding hydrogens is 248 g/mol. The Bertz CT molecular complexity index is 803. The molecule has 0 fully saturated rings. The Hall–Kier alpha value is -2.55. The molecule has 98 valence electrons. The minimum Gasteiger partial charge on any atom is -0.361 e. The third-order valence-corrected chi connectivity index (χ3v) is 3.97. The molecule has 0 saturated heterocycles. The van der Waals surface area contributed by atoms with E-state index in [1.807, 2.05) is 30.5 Å². The number of hydrogen-bond donors (Lipinski definition) is 2. The molecule has 0 saturated carbocycles. The van der Waals surface area contributed by atoms with Crippen molar-refractivity contribution in [1.82, 2.24) is 4.98 Å². The molecule has 1 atom stereocenters. The van der Waals surface area contributed by atoms with Gasteiger partial charge in [-0.1, -0.05) is 24.3 Å². The number of carbonyl (C=O) groups is 1. The average molecular weight is 262 g/mol. The highest BCUT2D eigenvalue weighted by atomic mass is 16.2. The number of aromatic amines is 1. The summed E-state index contributed by atoms with van der Waals surface area (Å²) < 4.78 is 0. The number of fused-ring (bicyclic) bond motifs is 2. The van der Waals surface area contributed by atoms with E-state index in [4.69, 9.17) is 0 Å². The Morgan fingerprint density at radius 1 is 1.05 bits per heavy atom. The van der Waals surface area contributed by atoms with E-state index in [2.05, 4.69) is 34.6 Å². The zero-order valence-corrected chi connectivity index (χ0v) is 10.9. The first kappa shape index (κ1) is 11.3. The maximum Gasteiger partial charge on any atom is 0.232 e. The number of hydrogen-bond acceptors (Lipinski definition) is 1. The minimum absolute atomic E-state index is 0.0809. The highest BCUT2D eigenvalue weighted by Gasteiger charge is 2.29. The van der Waals surface area contributed by atoms with Crippen LogP contribution in [0.5, 0.6) is 0 Å². The number of amides is 1. The van der Waals surface area contributed by atoms with E-state index in [1.165, 1.54) is 10.9 Å². The number of nitrogens with one attached hydrogen (secondary N) is 2. The highest BCUT2D eigenvalue weighted by Crippen LogP contribution is 2.34. The fourth-order valence-electron chi connectivity index (χ4n) is 2.94. The van der Waals surface area contributed by atoms with Gasteiger partial charge in [0.1, 0.15) is 0 Å². The van der Waals surface area contributed by atoms with Gasteiger partial charge in [0.25, 0.3) is 0 Å². The van der Waals surface area contributed by atoms with Gasteiger partial charge in [-0.25, -0.2) is 0 Å². The van der Waals surface area contributed by atoms with Crippen LogP contribution in [-0.2, 0) is 11.2 Å². The fourth-order valence-corrected chi connectivity index (χ4v) is 2.94. The van der Waals surface area contributed by atoms with Crippen LogP contribution in [0.25, 0.3) is 10.9 Å². The number of aromatic nitrogens is 1. The predicted molar refractivity (Wildman–Crippen MR) is 79.8 cm³/mol. The summed E-state index contributed by atoms with van der Waals surface area (Å²) in [7, 11) is 0. The maximum atomic E-state index is 12.1. The SMILES string of the molecule is O=C1Nc2ccccc2C1Cc1ccc2[nH]ccc2c1. The first-order valence-corrected chi connectivity index (χ1v) is 6.77. The lowest BCUT2D eigenvalue weighted by Crippen LogP contribution is -2.14. The molecule has 1 aromatic heterocycles. The van der Waals surface area contributed by atoms with Gasteiger partial charge in [-0.3, -0.25) is 4.79 Å². The van der Waals surface area contributed by atoms with E-state index in [1.54, 1.807) is 0 Å². The van der Waals surface area contributed by atoms with Crippen LogP contribution >= 0.6 is 0 Å². The zero-order valence-electron chi connectivity index (χ0n) is 10.9. The smallest absolute Gasteiger partial charge is 0.232 e. The van der Waals surface area contributed by atoms with E-state index in [9.17, 15) is 4.79 Å². The maximum absolute atomic E-state index is 12.1. The summed E-state index contributed by atoms with van der Waals surface area (Å²) in [6.45, 7) is 0. The lowest BCUT2D eigenvalue weighted by Gasteiger charge is -2.09. The second-order valence-corrected chi connectivity index (χ2v) is 5.23. The number of rotatable bonds is 2. The largest absolute Gasteiger partial charge is 0.361 e. The monoisotopic (exact) mass is 262 g/mol. The number of para-hydroxylation sites is 1. The molecule has 0 radical (unpaired) electrons. The summed E-state index contributed by atoms with van der Waals surface area (Å²) >= 11 is 0. The van der Waals surface area contributed by atoms with Gasteiger partial charge >= 0.3 is 0 Å². The molecule has 1 unspecified atom stereocenters. The summed E-state index contributed by atoms with van der Waals surface area (Å²) in [6.07, 6.45) is 2.68. The van der Waals surface area contributed by atoms with Gasteiger partial charge in [-0.05, 0) is 47.2 Å². The van der Waals surface area contributed by atoms with Crippen LogP contribution in [0.2, 0.25) is 0 Å². The van der Waals surface area contributed by atoms with E-state index < -0.39 is 0 Å². The van der Waals surface area contributed by atoms with Crippen molar-refractivity contribution in [2.45, 2.75) is 12.3 Å². The quantitative estimate of drug-likeness (QED) is 0.730. The molecule has 2 aromatic carbocycles. The molecule has 4 rings (SSSR count). The Morgan fingerprint density at radius 2 is 1.95 bits per heavy atom. The van der Waals surface area contributed by atoms with Crippen LogP contribution in [0.1, 0.15) is 17.0 Å². The van der Waals surface area contributed by atoms with Gasteiger partial charge in [0, 0.05) is 17.4 Å². The molecular formula is C17H14N2O. The zero-order chi connectivity index (χ0) is 13.5. The molecule has 2 N–H and O–H groups in total. The van der Waals surface area contributed by atoms with Gasteiger partial charge in [-0.15, -0.1) is 0 Å². The molecule has 20 heavy (non-hydrogen) atoms. The minimum atomic E-state index is -0.0809. The first-order valence-electron chi connectivity index (χ1n) is 6.77. The van der Waals surface area contributed by atoms with Crippen LogP contribution in [-0.4, -0.2) is 10.9 Å². The number of benzene rings is 2. The second kappa shape index (κ2) is 4.23. The Labute approximate surface area is 116 Å². The van der Waals surface area contributed by atoms with Crippen LogP contribution in [0.4, 0.5) is 5.69 Å². The van der Waals surface area contributed by atoms with E-state index in [0.29, 0.717) is 0 Å². The topological polar surface area (TPSA) is 44.9 Å². The Kier molecular flexibility index (Phi) is 2.39. The molecule has 3 aromatic rings. The summed E-state index contributed by atoms with van der Waals surface area (Å²) in [5.74, 6) is 0.0166. The van der Waals surface area contributed by atoms with E-state index >= 15 is 0 Å². The van der Waals surface area contributed by atoms with Gasteiger partial charge in [0.2, 0.25) is 5.91 Å². The van der Waals surface area contributed by atoms with Crippen molar-refractivity contribution in [2.24, 2.45) is 0 Å². The van der Waals surface area contributed by atoms with Crippen molar-refractivity contribution < 1.29 is 4.79 Å². The van der Waals surface area contributed by atoms with Crippen molar-refractivity contribution in [3.05, 3.63) is 65.9 Å². The first-order chi connectivity index (χ1) is 9.81. The molecule has 0 bridgehead atoms. The Morgan fingerprint density at radius 3 is 2.90 bits per heavy atom. The molecule has 1 aliphatic rings. The average Bonchev–Trinajstić information content (AvgIpc) is 3.04. The predicted octanol–water partition coefficient (Wildman–Crippen LogP) is 3.45. The van der Waals surface area contributed by atoms with Crippen molar-refractivity contribution >= 4 is 22.5 Å². The van der Waals surface area contributed by atoms with Crippen molar-refractivity contribution in [3.8, 4) is 0 Å². The third-order valence-electron chi connectivity index (χ3n) is 3.97. The normalized spacial score (nSPS) is 17.2. The van der Waals surface area contributed by atoms with Crippen LogP contribution in [0, 0.1) is 0 Å². The van der Waals surface area contributed by atoms with Gasteiger partial charge < -0.3 is 10.3 Å². The third kappa shape index (κ3) is 1.71. The lowest BCUT2D eigenvalue weighted by atomic mass is 9.93. The molecule has 1 amide bonds. The summed E-state index contributed by atoms with van der Waals surface area (Å²) in [6, 6.07) is 16.3. The van der Waals surface area contributed by atoms with Crippen LogP contribution < -0.4 is 5.32 Å².